The fourth-order valence-corrected chi connectivity index (χ4v) is 2.20. The number of para-hydroxylation sites is 1. The van der Waals surface area contributed by atoms with E-state index in [0.29, 0.717) is 21.5 Å². The molecule has 0 bridgehead atoms. The Hall–Kier alpha value is -2.15. The quantitative estimate of drug-likeness (QED) is 0.590. The second-order valence-corrected chi connectivity index (χ2v) is 4.65. The van der Waals surface area contributed by atoms with E-state index in [1.54, 1.807) is 24.1 Å². The summed E-state index contributed by atoms with van der Waals surface area (Å²) in [5, 5.41) is 7.58. The molecule has 0 unspecified atom stereocenters. The predicted molar refractivity (Wildman–Crippen MR) is 78.1 cm³/mol. The zero-order valence-electron chi connectivity index (χ0n) is 10.1. The second-order valence-electron chi connectivity index (χ2n) is 3.86. The van der Waals surface area contributed by atoms with Gasteiger partial charge in [0.25, 0.3) is 5.56 Å². The molecule has 0 aliphatic heterocycles. The Morgan fingerprint density at radius 3 is 2.84 bits per heavy atom. The first-order valence-electron chi connectivity index (χ1n) is 5.42. The first kappa shape index (κ1) is 13.3. The minimum Gasteiger partial charge on any atom is -0.384 e. The summed E-state index contributed by atoms with van der Waals surface area (Å²) < 4.78 is 0.329. The fourth-order valence-electron chi connectivity index (χ4n) is 1.72. The van der Waals surface area contributed by atoms with Crippen LogP contribution in [0, 0.1) is 5.41 Å². The van der Waals surface area contributed by atoms with Gasteiger partial charge in [-0.3, -0.25) is 10.2 Å². The highest BCUT2D eigenvalue weighted by atomic mass is 79.9. The lowest BCUT2D eigenvalue weighted by atomic mass is 10.1. The van der Waals surface area contributed by atoms with Gasteiger partial charge >= 0.3 is 0 Å². The van der Waals surface area contributed by atoms with E-state index in [0.717, 1.165) is 0 Å². The first-order chi connectivity index (χ1) is 9.02. The molecule has 0 radical (unpaired) electrons. The van der Waals surface area contributed by atoms with E-state index < -0.39 is 0 Å². The van der Waals surface area contributed by atoms with Crippen LogP contribution in [0.15, 0.2) is 39.9 Å². The summed E-state index contributed by atoms with van der Waals surface area (Å²) in [6, 6.07) is 7.19. The van der Waals surface area contributed by atoms with Crippen molar-refractivity contribution in [1.29, 1.82) is 5.41 Å². The number of anilines is 2. The number of nitrogens with zero attached hydrogens (tertiary/aromatic N) is 2. The number of nitrogen functional groups attached to an aromatic ring is 1. The van der Waals surface area contributed by atoms with E-state index in [1.807, 2.05) is 12.1 Å². The number of nitrogens with one attached hydrogen (secondary N) is 2. The highest BCUT2D eigenvalue weighted by Crippen LogP contribution is 2.28. The average molecular weight is 322 g/mol. The Morgan fingerprint density at radius 1 is 1.47 bits per heavy atom. The third-order valence-corrected chi connectivity index (χ3v) is 3.37. The van der Waals surface area contributed by atoms with Gasteiger partial charge in [-0.1, -0.05) is 12.1 Å². The van der Waals surface area contributed by atoms with Crippen molar-refractivity contribution in [2.75, 3.05) is 11.9 Å². The predicted octanol–water partition coefficient (Wildman–Crippen LogP) is 1.58. The van der Waals surface area contributed by atoms with E-state index in [4.69, 9.17) is 11.1 Å². The molecule has 1 aromatic heterocycles. The van der Waals surface area contributed by atoms with Crippen molar-refractivity contribution in [1.82, 2.24) is 9.97 Å². The molecule has 0 amide bonds. The van der Waals surface area contributed by atoms with Crippen molar-refractivity contribution in [2.24, 2.45) is 5.73 Å². The summed E-state index contributed by atoms with van der Waals surface area (Å²) >= 11 is 3.21. The number of nitrogens with two attached hydrogens (primary N) is 1. The third-order valence-electron chi connectivity index (χ3n) is 2.65. The molecule has 1 heterocycles. The van der Waals surface area contributed by atoms with Gasteiger partial charge in [0, 0.05) is 12.6 Å². The van der Waals surface area contributed by atoms with Gasteiger partial charge in [-0.25, -0.2) is 4.98 Å². The van der Waals surface area contributed by atoms with Crippen LogP contribution in [0.2, 0.25) is 0 Å². The number of amidine groups is 1. The smallest absolute Gasteiger partial charge is 0.267 e. The summed E-state index contributed by atoms with van der Waals surface area (Å²) in [6.07, 6.45) is 1.33. The lowest BCUT2D eigenvalue weighted by Gasteiger charge is -2.21. The Kier molecular flexibility index (Phi) is 3.66. The summed E-state index contributed by atoms with van der Waals surface area (Å²) in [7, 11) is 1.76. The zero-order valence-corrected chi connectivity index (χ0v) is 11.7. The van der Waals surface area contributed by atoms with Gasteiger partial charge in [0.2, 0.25) is 0 Å². The lowest BCUT2D eigenvalue weighted by molar-refractivity contribution is 1.04. The first-order valence-corrected chi connectivity index (χ1v) is 6.22. The number of halogens is 1. The molecule has 0 spiro atoms. The third kappa shape index (κ3) is 2.50. The molecule has 6 nitrogen and oxygen atoms in total. The maximum atomic E-state index is 11.6. The van der Waals surface area contributed by atoms with Crippen LogP contribution in [0.1, 0.15) is 5.56 Å². The topological polar surface area (TPSA) is 98.9 Å². The highest BCUT2D eigenvalue weighted by Gasteiger charge is 2.15. The van der Waals surface area contributed by atoms with Crippen LogP contribution in [0.5, 0.6) is 0 Å². The van der Waals surface area contributed by atoms with Gasteiger partial charge in [0.05, 0.1) is 12.0 Å². The van der Waals surface area contributed by atoms with Gasteiger partial charge in [-0.2, -0.15) is 0 Å². The lowest BCUT2D eigenvalue weighted by Crippen LogP contribution is -2.21. The number of benzene rings is 1. The number of aromatic amines is 1. The zero-order chi connectivity index (χ0) is 14.0. The van der Waals surface area contributed by atoms with Crippen LogP contribution in [-0.2, 0) is 0 Å². The molecule has 1 aromatic carbocycles. The molecule has 2 aromatic rings. The molecule has 0 saturated carbocycles. The number of hydrogen-bond acceptors (Lipinski definition) is 4. The van der Waals surface area contributed by atoms with Crippen molar-refractivity contribution in [3.8, 4) is 0 Å². The van der Waals surface area contributed by atoms with Crippen molar-refractivity contribution >= 4 is 33.3 Å². The average Bonchev–Trinajstić information content (AvgIpc) is 2.41. The van der Waals surface area contributed by atoms with Crippen LogP contribution in [0.25, 0.3) is 0 Å². The normalized spacial score (nSPS) is 10.2. The minimum atomic E-state index is -0.267. The maximum Gasteiger partial charge on any atom is 0.267 e. The molecule has 0 atom stereocenters. The summed E-state index contributed by atoms with van der Waals surface area (Å²) in [5.41, 5.74) is 6.57. The number of hydrogen-bond donors (Lipinski definition) is 3. The van der Waals surface area contributed by atoms with Gasteiger partial charge in [-0.05, 0) is 28.1 Å². The Labute approximate surface area is 117 Å². The maximum absolute atomic E-state index is 11.6. The number of rotatable bonds is 3. The Bertz CT molecular complexity index is 682. The molecular weight excluding hydrogens is 310 g/mol. The molecule has 0 saturated heterocycles. The van der Waals surface area contributed by atoms with Crippen LogP contribution in [0.4, 0.5) is 11.5 Å². The van der Waals surface area contributed by atoms with Gasteiger partial charge in [-0.15, -0.1) is 0 Å². The van der Waals surface area contributed by atoms with Crippen LogP contribution < -0.4 is 16.2 Å². The van der Waals surface area contributed by atoms with Crippen LogP contribution in [-0.4, -0.2) is 22.9 Å². The Balaban J connectivity index is 2.56. The van der Waals surface area contributed by atoms with Crippen molar-refractivity contribution in [3.63, 3.8) is 0 Å². The summed E-state index contributed by atoms with van der Waals surface area (Å²) in [4.78, 5) is 19.9. The van der Waals surface area contributed by atoms with Crippen LogP contribution in [0.3, 0.4) is 0 Å². The Morgan fingerprint density at radius 2 is 2.16 bits per heavy atom. The molecule has 0 aliphatic rings. The van der Waals surface area contributed by atoms with Crippen LogP contribution >= 0.6 is 15.9 Å². The molecule has 2 rings (SSSR count). The molecule has 7 heteroatoms. The highest BCUT2D eigenvalue weighted by molar-refractivity contribution is 9.10. The molecule has 19 heavy (non-hydrogen) atoms. The van der Waals surface area contributed by atoms with Gasteiger partial charge < -0.3 is 15.6 Å². The van der Waals surface area contributed by atoms with Crippen molar-refractivity contribution in [3.05, 3.63) is 51.0 Å². The van der Waals surface area contributed by atoms with E-state index in [-0.39, 0.29) is 11.4 Å². The van der Waals surface area contributed by atoms with E-state index in [2.05, 4.69) is 25.9 Å². The van der Waals surface area contributed by atoms with Gasteiger partial charge in [0.15, 0.2) is 5.82 Å². The molecule has 4 N–H and O–H groups in total. The van der Waals surface area contributed by atoms with E-state index >= 15 is 0 Å². The van der Waals surface area contributed by atoms with Crippen molar-refractivity contribution < 1.29 is 0 Å². The van der Waals surface area contributed by atoms with E-state index in [1.165, 1.54) is 6.33 Å². The standard InChI is InChI=1S/C12H12BrN5O/c1-18(11-9(13)12(19)17-6-16-11)8-5-3-2-4-7(8)10(14)15/h2-6H,1H3,(H3,14,15)(H,16,17,19). The SMILES string of the molecule is CN(c1ccccc1C(=N)N)c1nc[nH]c(=O)c1Br. The second kappa shape index (κ2) is 5.23. The molecule has 0 aliphatic carbocycles. The molecule has 0 fully saturated rings. The van der Waals surface area contributed by atoms with E-state index in [9.17, 15) is 4.79 Å². The molecular formula is C12H12BrN5O. The summed E-state index contributed by atoms with van der Waals surface area (Å²) in [6.45, 7) is 0. The number of H-pyrrole nitrogens is 1. The minimum absolute atomic E-state index is 0.0385. The van der Waals surface area contributed by atoms with Gasteiger partial charge in [0.1, 0.15) is 10.3 Å². The van der Waals surface area contributed by atoms with Crippen molar-refractivity contribution in [2.45, 2.75) is 0 Å². The molecule has 98 valence electrons. The largest absolute Gasteiger partial charge is 0.384 e. The monoisotopic (exact) mass is 321 g/mol. The number of aromatic nitrogens is 2. The fraction of sp³-hybridized carbons (Fsp3) is 0.0833. The summed E-state index contributed by atoms with van der Waals surface area (Å²) in [5.74, 6) is 0.417.